The van der Waals surface area contributed by atoms with E-state index in [0.29, 0.717) is 0 Å². The predicted octanol–water partition coefficient (Wildman–Crippen LogP) is 2.43. The van der Waals surface area contributed by atoms with Crippen LogP contribution >= 0.6 is 0 Å². The highest BCUT2D eigenvalue weighted by Crippen LogP contribution is 2.39. The van der Waals surface area contributed by atoms with Crippen molar-refractivity contribution in [2.75, 3.05) is 26.2 Å². The molecule has 23 heavy (non-hydrogen) atoms. The van der Waals surface area contributed by atoms with E-state index in [1.165, 1.54) is 12.5 Å². The van der Waals surface area contributed by atoms with Crippen molar-refractivity contribution in [2.45, 2.75) is 32.7 Å². The van der Waals surface area contributed by atoms with Crippen molar-refractivity contribution in [3.8, 4) is 0 Å². The Morgan fingerprint density at radius 2 is 2.13 bits per heavy atom. The highest BCUT2D eigenvalue weighted by molar-refractivity contribution is 5.73. The van der Waals surface area contributed by atoms with Crippen molar-refractivity contribution < 1.29 is 9.72 Å². The summed E-state index contributed by atoms with van der Waals surface area (Å²) in [6.07, 6.45) is 3.36. The molecule has 1 atom stereocenters. The second-order valence-electron chi connectivity index (χ2n) is 6.93. The van der Waals surface area contributed by atoms with Crippen molar-refractivity contribution in [2.24, 2.45) is 5.41 Å². The van der Waals surface area contributed by atoms with Gasteiger partial charge in [-0.2, -0.15) is 0 Å². The summed E-state index contributed by atoms with van der Waals surface area (Å²) in [6.45, 7) is 6.09. The zero-order chi connectivity index (χ0) is 16.4. The SMILES string of the molecule is CC(=O)N1CC[C@@]2(CCCN(Cc3cccc([N+](=O)[O-])c3)C2)C1. The van der Waals surface area contributed by atoms with E-state index in [1.54, 1.807) is 19.1 Å². The van der Waals surface area contributed by atoms with E-state index in [1.807, 2.05) is 11.0 Å². The van der Waals surface area contributed by atoms with Gasteiger partial charge in [-0.1, -0.05) is 12.1 Å². The molecule has 6 heteroatoms. The minimum Gasteiger partial charge on any atom is -0.342 e. The summed E-state index contributed by atoms with van der Waals surface area (Å²) in [4.78, 5) is 26.5. The number of nitrogens with zero attached hydrogens (tertiary/aromatic N) is 3. The molecule has 0 unspecified atom stereocenters. The maximum absolute atomic E-state index is 11.6. The first-order chi connectivity index (χ1) is 11.0. The molecular weight excluding hydrogens is 294 g/mol. The highest BCUT2D eigenvalue weighted by Gasteiger charge is 2.41. The molecule has 1 amide bonds. The van der Waals surface area contributed by atoms with Gasteiger partial charge in [-0.05, 0) is 31.4 Å². The number of likely N-dealkylation sites (tertiary alicyclic amines) is 2. The van der Waals surface area contributed by atoms with Crippen molar-refractivity contribution >= 4 is 11.6 Å². The van der Waals surface area contributed by atoms with Crippen LogP contribution in [0.4, 0.5) is 5.69 Å². The number of nitro benzene ring substituents is 1. The number of piperidine rings is 1. The second-order valence-corrected chi connectivity index (χ2v) is 6.93. The molecular formula is C17H23N3O3. The summed E-state index contributed by atoms with van der Waals surface area (Å²) < 4.78 is 0. The zero-order valence-electron chi connectivity index (χ0n) is 13.5. The number of non-ortho nitro benzene ring substituents is 1. The molecule has 2 aliphatic heterocycles. The summed E-state index contributed by atoms with van der Waals surface area (Å²) in [7, 11) is 0. The Morgan fingerprint density at radius 1 is 1.30 bits per heavy atom. The summed E-state index contributed by atoms with van der Waals surface area (Å²) >= 11 is 0. The van der Waals surface area contributed by atoms with Gasteiger partial charge in [0.2, 0.25) is 5.91 Å². The number of benzene rings is 1. The van der Waals surface area contributed by atoms with Crippen LogP contribution in [0.1, 0.15) is 31.7 Å². The van der Waals surface area contributed by atoms with Crippen LogP contribution < -0.4 is 0 Å². The van der Waals surface area contributed by atoms with Crippen LogP contribution in [0.25, 0.3) is 0 Å². The van der Waals surface area contributed by atoms with E-state index in [9.17, 15) is 14.9 Å². The molecule has 0 bridgehead atoms. The van der Waals surface area contributed by atoms with Gasteiger partial charge in [0, 0.05) is 50.7 Å². The van der Waals surface area contributed by atoms with Crippen molar-refractivity contribution in [3.05, 3.63) is 39.9 Å². The fourth-order valence-corrected chi connectivity index (χ4v) is 4.01. The number of carbonyl (C=O) groups excluding carboxylic acids is 1. The quantitative estimate of drug-likeness (QED) is 0.634. The lowest BCUT2D eigenvalue weighted by Gasteiger charge is -2.40. The Hall–Kier alpha value is -1.95. The molecule has 0 aliphatic carbocycles. The maximum Gasteiger partial charge on any atom is 0.269 e. The molecule has 0 radical (unpaired) electrons. The number of carbonyl (C=O) groups is 1. The summed E-state index contributed by atoms with van der Waals surface area (Å²) in [5, 5.41) is 10.9. The standard InChI is InChI=1S/C17H23N3O3/c1-14(21)19-9-7-17(13-19)6-3-8-18(12-17)11-15-4-2-5-16(10-15)20(22)23/h2,4-5,10H,3,6-9,11-13H2,1H3/t17-/m1/s1. The van der Waals surface area contributed by atoms with E-state index >= 15 is 0 Å². The molecule has 2 fully saturated rings. The Labute approximate surface area is 136 Å². The van der Waals surface area contributed by atoms with E-state index in [-0.39, 0.29) is 21.9 Å². The Kier molecular flexibility index (Phi) is 4.35. The largest absolute Gasteiger partial charge is 0.342 e. The predicted molar refractivity (Wildman–Crippen MR) is 86.9 cm³/mol. The van der Waals surface area contributed by atoms with E-state index in [4.69, 9.17) is 0 Å². The lowest BCUT2D eigenvalue weighted by molar-refractivity contribution is -0.384. The van der Waals surface area contributed by atoms with Crippen molar-refractivity contribution in [3.63, 3.8) is 0 Å². The number of nitro groups is 1. The molecule has 2 saturated heterocycles. The van der Waals surface area contributed by atoms with Crippen LogP contribution in [-0.2, 0) is 11.3 Å². The normalized spacial score (nSPS) is 25.0. The lowest BCUT2D eigenvalue weighted by atomic mass is 9.79. The van der Waals surface area contributed by atoms with Gasteiger partial charge in [-0.15, -0.1) is 0 Å². The molecule has 0 aromatic heterocycles. The molecule has 3 rings (SSSR count). The first-order valence-corrected chi connectivity index (χ1v) is 8.19. The van der Waals surface area contributed by atoms with Gasteiger partial charge in [-0.25, -0.2) is 0 Å². The minimum absolute atomic E-state index is 0.151. The molecule has 1 aromatic carbocycles. The summed E-state index contributed by atoms with van der Waals surface area (Å²) in [5.74, 6) is 0.165. The van der Waals surface area contributed by atoms with Gasteiger partial charge in [-0.3, -0.25) is 19.8 Å². The van der Waals surface area contributed by atoms with E-state index < -0.39 is 0 Å². The Bertz CT molecular complexity index is 619. The van der Waals surface area contributed by atoms with Gasteiger partial charge in [0.05, 0.1) is 4.92 Å². The maximum atomic E-state index is 11.6. The number of rotatable bonds is 3. The topological polar surface area (TPSA) is 66.7 Å². The van der Waals surface area contributed by atoms with Gasteiger partial charge in [0.15, 0.2) is 0 Å². The molecule has 2 aliphatic rings. The number of amides is 1. The third kappa shape index (κ3) is 3.52. The first kappa shape index (κ1) is 15.9. The zero-order valence-corrected chi connectivity index (χ0v) is 13.5. The molecule has 1 spiro atoms. The Morgan fingerprint density at radius 3 is 2.83 bits per heavy atom. The molecule has 0 N–H and O–H groups in total. The monoisotopic (exact) mass is 317 g/mol. The smallest absolute Gasteiger partial charge is 0.269 e. The molecule has 2 heterocycles. The van der Waals surface area contributed by atoms with E-state index in [0.717, 1.165) is 51.1 Å². The van der Waals surface area contributed by atoms with Crippen LogP contribution in [0.2, 0.25) is 0 Å². The fourth-order valence-electron chi connectivity index (χ4n) is 4.01. The van der Waals surface area contributed by atoms with Crippen LogP contribution in [0.5, 0.6) is 0 Å². The van der Waals surface area contributed by atoms with Crippen LogP contribution in [0, 0.1) is 15.5 Å². The summed E-state index contributed by atoms with van der Waals surface area (Å²) in [5.41, 5.74) is 1.35. The average molecular weight is 317 g/mol. The summed E-state index contributed by atoms with van der Waals surface area (Å²) in [6, 6.07) is 6.89. The lowest BCUT2D eigenvalue weighted by Crippen LogP contribution is -2.44. The highest BCUT2D eigenvalue weighted by atomic mass is 16.6. The van der Waals surface area contributed by atoms with E-state index in [2.05, 4.69) is 4.90 Å². The third-order valence-electron chi connectivity index (χ3n) is 5.15. The van der Waals surface area contributed by atoms with Crippen molar-refractivity contribution in [1.29, 1.82) is 0 Å². The van der Waals surface area contributed by atoms with Gasteiger partial charge >= 0.3 is 0 Å². The molecule has 6 nitrogen and oxygen atoms in total. The van der Waals surface area contributed by atoms with Gasteiger partial charge in [0.1, 0.15) is 0 Å². The molecule has 0 saturated carbocycles. The third-order valence-corrected chi connectivity index (χ3v) is 5.15. The first-order valence-electron chi connectivity index (χ1n) is 8.19. The van der Waals surface area contributed by atoms with Gasteiger partial charge < -0.3 is 4.90 Å². The minimum atomic E-state index is -0.344. The molecule has 124 valence electrons. The van der Waals surface area contributed by atoms with Crippen molar-refractivity contribution in [1.82, 2.24) is 9.80 Å². The fraction of sp³-hybridized carbons (Fsp3) is 0.588. The second kappa shape index (κ2) is 6.28. The molecule has 1 aromatic rings. The Balaban J connectivity index is 1.66. The van der Waals surface area contributed by atoms with Crippen LogP contribution in [0.3, 0.4) is 0 Å². The number of hydrogen-bond donors (Lipinski definition) is 0. The average Bonchev–Trinajstić information content (AvgIpc) is 2.91. The number of hydrogen-bond acceptors (Lipinski definition) is 4. The van der Waals surface area contributed by atoms with Crippen LogP contribution in [0.15, 0.2) is 24.3 Å². The van der Waals surface area contributed by atoms with Crippen LogP contribution in [-0.4, -0.2) is 46.8 Å². The van der Waals surface area contributed by atoms with Gasteiger partial charge in [0.25, 0.3) is 5.69 Å².